The summed E-state index contributed by atoms with van der Waals surface area (Å²) in [6.45, 7) is 5.84. The molecule has 4 bridgehead atoms. The number of benzene rings is 1. The lowest BCUT2D eigenvalue weighted by molar-refractivity contribution is -0.112. The number of fused-ring (bicyclic) bond motifs is 3. The molecule has 0 spiro atoms. The molecule has 7 heteroatoms. The lowest BCUT2D eigenvalue weighted by atomic mass is 9.78. The van der Waals surface area contributed by atoms with Crippen molar-refractivity contribution in [3.8, 4) is 0 Å². The van der Waals surface area contributed by atoms with Crippen LogP contribution < -0.4 is 10.9 Å². The third-order valence-corrected chi connectivity index (χ3v) is 7.03. The Kier molecular flexibility index (Phi) is 7.33. The fourth-order valence-electron chi connectivity index (χ4n) is 4.59. The standard InChI is InChI=1S/C28H34F2N4O/c1-20-21-12-11-13-22(16-21)28(29,30)27(2,3)14-9-7-5-4-6-8-10-15-34-19-23-24(17-26(34)35)33-31-18-25(23)32-20/h7,9,11-13,16-20,32H,4-6,8,10,14-15H2,1-3H3/b9-7-/t20-/m1/s1. The van der Waals surface area contributed by atoms with Crippen molar-refractivity contribution in [2.75, 3.05) is 5.32 Å². The highest BCUT2D eigenvalue weighted by Crippen LogP contribution is 2.47. The fourth-order valence-corrected chi connectivity index (χ4v) is 4.59. The number of halogens is 2. The number of alkyl halides is 2. The van der Waals surface area contributed by atoms with E-state index in [4.69, 9.17) is 0 Å². The maximum atomic E-state index is 15.6. The van der Waals surface area contributed by atoms with Gasteiger partial charge in [0.1, 0.15) is 5.52 Å². The molecule has 1 atom stereocenters. The quantitative estimate of drug-likeness (QED) is 0.352. The van der Waals surface area contributed by atoms with Crippen LogP contribution in [0.1, 0.15) is 76.5 Å². The maximum absolute atomic E-state index is 15.6. The predicted molar refractivity (Wildman–Crippen MR) is 137 cm³/mol. The Labute approximate surface area is 205 Å². The van der Waals surface area contributed by atoms with Crippen LogP contribution in [0.25, 0.3) is 10.9 Å². The molecule has 35 heavy (non-hydrogen) atoms. The Morgan fingerprint density at radius 2 is 1.89 bits per heavy atom. The summed E-state index contributed by atoms with van der Waals surface area (Å²) in [7, 11) is 0. The van der Waals surface area contributed by atoms with Crippen LogP contribution >= 0.6 is 0 Å². The number of aryl methyl sites for hydroxylation is 1. The third-order valence-electron chi connectivity index (χ3n) is 7.03. The molecular weight excluding hydrogens is 446 g/mol. The van der Waals surface area contributed by atoms with Crippen LogP contribution in [-0.4, -0.2) is 14.8 Å². The van der Waals surface area contributed by atoms with E-state index in [2.05, 4.69) is 15.5 Å². The minimum atomic E-state index is -2.99. The molecule has 3 heterocycles. The van der Waals surface area contributed by atoms with E-state index in [0.29, 0.717) is 24.2 Å². The number of anilines is 1. The minimum Gasteiger partial charge on any atom is -0.377 e. The molecule has 0 saturated heterocycles. The largest absolute Gasteiger partial charge is 0.377 e. The van der Waals surface area contributed by atoms with Crippen molar-refractivity contribution in [3.05, 3.63) is 76.4 Å². The van der Waals surface area contributed by atoms with Gasteiger partial charge in [-0.05, 0) is 44.2 Å². The average molecular weight is 481 g/mol. The van der Waals surface area contributed by atoms with E-state index in [9.17, 15) is 4.79 Å². The van der Waals surface area contributed by atoms with E-state index in [1.807, 2.05) is 31.3 Å². The monoisotopic (exact) mass is 480 g/mol. The molecule has 1 N–H and O–H groups in total. The zero-order valence-electron chi connectivity index (χ0n) is 20.7. The van der Waals surface area contributed by atoms with Crippen molar-refractivity contribution in [3.63, 3.8) is 0 Å². The van der Waals surface area contributed by atoms with Crippen LogP contribution in [0.3, 0.4) is 0 Å². The van der Waals surface area contributed by atoms with Gasteiger partial charge in [-0.3, -0.25) is 4.79 Å². The van der Waals surface area contributed by atoms with Crippen LogP contribution in [0.15, 0.2) is 59.7 Å². The van der Waals surface area contributed by atoms with Gasteiger partial charge in [-0.2, -0.15) is 10.2 Å². The summed E-state index contributed by atoms with van der Waals surface area (Å²) in [5, 5.41) is 12.4. The van der Waals surface area contributed by atoms with Gasteiger partial charge in [0.15, 0.2) is 0 Å². The molecule has 0 aliphatic carbocycles. The lowest BCUT2D eigenvalue weighted by Gasteiger charge is -2.34. The maximum Gasteiger partial charge on any atom is 0.278 e. The van der Waals surface area contributed by atoms with Crippen molar-refractivity contribution in [1.82, 2.24) is 14.8 Å². The smallest absolute Gasteiger partial charge is 0.278 e. The van der Waals surface area contributed by atoms with Gasteiger partial charge in [-0.1, -0.05) is 57.0 Å². The van der Waals surface area contributed by atoms with E-state index in [1.165, 1.54) is 12.1 Å². The second-order valence-corrected chi connectivity index (χ2v) is 10.2. The van der Waals surface area contributed by atoms with Crippen molar-refractivity contribution in [2.24, 2.45) is 5.41 Å². The molecule has 186 valence electrons. The van der Waals surface area contributed by atoms with Gasteiger partial charge in [0, 0.05) is 41.2 Å². The lowest BCUT2D eigenvalue weighted by Crippen LogP contribution is -2.33. The van der Waals surface area contributed by atoms with Crippen molar-refractivity contribution < 1.29 is 8.78 Å². The molecule has 2 aromatic heterocycles. The predicted octanol–water partition coefficient (Wildman–Crippen LogP) is 6.99. The zero-order chi connectivity index (χ0) is 25.1. The van der Waals surface area contributed by atoms with E-state index >= 15 is 8.78 Å². The molecular formula is C28H34F2N4O. The molecule has 3 aromatic rings. The molecule has 1 aliphatic heterocycles. The van der Waals surface area contributed by atoms with Crippen molar-refractivity contribution >= 4 is 16.6 Å². The Hall–Kier alpha value is -3.09. The van der Waals surface area contributed by atoms with Gasteiger partial charge >= 0.3 is 0 Å². The molecule has 0 saturated carbocycles. The van der Waals surface area contributed by atoms with Gasteiger partial charge in [-0.15, -0.1) is 0 Å². The second kappa shape index (κ2) is 10.3. The normalized spacial score (nSPS) is 21.8. The summed E-state index contributed by atoms with van der Waals surface area (Å²) < 4.78 is 33.0. The highest BCUT2D eigenvalue weighted by molar-refractivity contribution is 5.89. The number of aromatic nitrogens is 3. The Bertz CT molecular complexity index is 1270. The zero-order valence-corrected chi connectivity index (χ0v) is 20.7. The Balaban J connectivity index is 1.73. The first-order valence-corrected chi connectivity index (χ1v) is 12.4. The third kappa shape index (κ3) is 5.44. The Morgan fingerprint density at radius 3 is 2.71 bits per heavy atom. The van der Waals surface area contributed by atoms with E-state index < -0.39 is 11.3 Å². The molecule has 1 aliphatic rings. The first kappa shape index (κ1) is 25.0. The van der Waals surface area contributed by atoms with Crippen LogP contribution in [-0.2, 0) is 12.5 Å². The number of nitrogens with one attached hydrogen (secondary N) is 1. The molecule has 0 fully saturated rings. The molecule has 1 aromatic carbocycles. The molecule has 5 nitrogen and oxygen atoms in total. The summed E-state index contributed by atoms with van der Waals surface area (Å²) in [5.41, 5.74) is 0.686. The van der Waals surface area contributed by atoms with Crippen LogP contribution in [0.2, 0.25) is 0 Å². The second-order valence-electron chi connectivity index (χ2n) is 10.2. The van der Waals surface area contributed by atoms with Crippen molar-refractivity contribution in [2.45, 2.75) is 77.8 Å². The number of pyridine rings is 1. The molecule has 4 rings (SSSR count). The van der Waals surface area contributed by atoms with E-state index in [0.717, 1.165) is 43.1 Å². The van der Waals surface area contributed by atoms with E-state index in [1.54, 1.807) is 36.7 Å². The number of nitrogens with zero attached hydrogens (tertiary/aromatic N) is 3. The first-order chi connectivity index (χ1) is 16.7. The summed E-state index contributed by atoms with van der Waals surface area (Å²) in [4.78, 5) is 12.6. The number of hydrogen-bond acceptors (Lipinski definition) is 4. The summed E-state index contributed by atoms with van der Waals surface area (Å²) in [6, 6.07) is 7.90. The SMILES string of the molecule is C[C@H]1Nc2cnnc3cc(=O)n(cc23)CCCCCC/C=C\CC(C)(C)C(F)(F)c2cccc1c2. The molecule has 0 radical (unpaired) electrons. The van der Waals surface area contributed by atoms with E-state index in [-0.39, 0.29) is 17.2 Å². The highest BCUT2D eigenvalue weighted by Gasteiger charge is 2.47. The number of allylic oxidation sites excluding steroid dienone is 2. The fraction of sp³-hybridized carbons (Fsp3) is 0.464. The summed E-state index contributed by atoms with van der Waals surface area (Å²) in [6.07, 6.45) is 12.5. The number of rotatable bonds is 0. The topological polar surface area (TPSA) is 59.8 Å². The van der Waals surface area contributed by atoms with Crippen LogP contribution in [0.4, 0.5) is 14.5 Å². The van der Waals surface area contributed by atoms with Crippen LogP contribution in [0, 0.1) is 5.41 Å². The molecule has 0 unspecified atom stereocenters. The Morgan fingerprint density at radius 1 is 1.09 bits per heavy atom. The van der Waals surface area contributed by atoms with Gasteiger partial charge in [0.2, 0.25) is 0 Å². The summed E-state index contributed by atoms with van der Waals surface area (Å²) >= 11 is 0. The summed E-state index contributed by atoms with van der Waals surface area (Å²) in [5.74, 6) is -2.99. The van der Waals surface area contributed by atoms with Gasteiger partial charge in [-0.25, -0.2) is 8.78 Å². The van der Waals surface area contributed by atoms with Gasteiger partial charge in [0.25, 0.3) is 11.5 Å². The van der Waals surface area contributed by atoms with Gasteiger partial charge < -0.3 is 9.88 Å². The number of hydrogen-bond donors (Lipinski definition) is 1. The highest BCUT2D eigenvalue weighted by atomic mass is 19.3. The van der Waals surface area contributed by atoms with Crippen LogP contribution in [0.5, 0.6) is 0 Å². The van der Waals surface area contributed by atoms with Gasteiger partial charge in [0.05, 0.1) is 11.9 Å². The molecule has 0 amide bonds. The average Bonchev–Trinajstić information content (AvgIpc) is 2.83. The van der Waals surface area contributed by atoms with Crippen molar-refractivity contribution in [1.29, 1.82) is 0 Å². The first-order valence-electron chi connectivity index (χ1n) is 12.4. The minimum absolute atomic E-state index is 0.0167.